The van der Waals surface area contributed by atoms with Gasteiger partial charge in [-0.15, -0.1) is 0 Å². The maximum atomic E-state index is 13.0. The highest BCUT2D eigenvalue weighted by molar-refractivity contribution is 6.30. The van der Waals surface area contributed by atoms with Crippen molar-refractivity contribution in [2.45, 2.75) is 30.9 Å². The minimum absolute atomic E-state index is 0.104. The van der Waals surface area contributed by atoms with Crippen LogP contribution in [0.1, 0.15) is 30.4 Å². The van der Waals surface area contributed by atoms with Crippen molar-refractivity contribution < 1.29 is 13.2 Å². The Morgan fingerprint density at radius 1 is 1.29 bits per heavy atom. The molecule has 94 valence electrons. The van der Waals surface area contributed by atoms with E-state index in [1.54, 1.807) is 0 Å². The Balaban J connectivity index is 2.53. The first-order chi connectivity index (χ1) is 7.89. The number of benzene rings is 1. The smallest absolute Gasteiger partial charge is 0.330 e. The lowest BCUT2D eigenvalue weighted by Crippen LogP contribution is -2.43. The van der Waals surface area contributed by atoms with Crippen LogP contribution >= 0.6 is 11.6 Å². The predicted molar refractivity (Wildman–Crippen MR) is 61.0 cm³/mol. The fourth-order valence-corrected chi connectivity index (χ4v) is 2.57. The molecule has 0 unspecified atom stereocenters. The molecule has 0 amide bonds. The van der Waals surface area contributed by atoms with Gasteiger partial charge in [-0.25, -0.2) is 0 Å². The monoisotopic (exact) mass is 263 g/mol. The summed E-state index contributed by atoms with van der Waals surface area (Å²) in [5.41, 5.74) is 4.80. The van der Waals surface area contributed by atoms with Gasteiger partial charge in [0.05, 0.1) is 5.56 Å². The molecule has 0 spiro atoms. The Bertz CT molecular complexity index is 419. The van der Waals surface area contributed by atoms with Gasteiger partial charge < -0.3 is 5.73 Å². The van der Waals surface area contributed by atoms with Gasteiger partial charge in [-0.2, -0.15) is 13.2 Å². The van der Waals surface area contributed by atoms with Crippen molar-refractivity contribution >= 4 is 11.6 Å². The number of alkyl halides is 3. The molecule has 2 N–H and O–H groups in total. The first-order valence-corrected chi connectivity index (χ1v) is 5.84. The minimum atomic E-state index is -4.38. The van der Waals surface area contributed by atoms with Crippen LogP contribution in [0.5, 0.6) is 0 Å². The van der Waals surface area contributed by atoms with Crippen molar-refractivity contribution in [1.29, 1.82) is 0 Å². The molecule has 1 aromatic rings. The third-order valence-corrected chi connectivity index (χ3v) is 3.79. The van der Waals surface area contributed by atoms with Crippen molar-refractivity contribution in [2.75, 3.05) is 6.54 Å². The molecule has 0 radical (unpaired) electrons. The lowest BCUT2D eigenvalue weighted by atomic mass is 9.63. The molecule has 1 saturated carbocycles. The van der Waals surface area contributed by atoms with Crippen LogP contribution in [-0.2, 0) is 11.6 Å². The summed E-state index contributed by atoms with van der Waals surface area (Å²) >= 11 is 5.65. The van der Waals surface area contributed by atoms with E-state index in [2.05, 4.69) is 0 Å². The Morgan fingerprint density at radius 3 is 2.35 bits per heavy atom. The summed E-state index contributed by atoms with van der Waals surface area (Å²) in [6.07, 6.45) is -2.02. The van der Waals surface area contributed by atoms with Crippen LogP contribution in [0.25, 0.3) is 0 Å². The average molecular weight is 264 g/mol. The lowest BCUT2D eigenvalue weighted by molar-refractivity contribution is -0.139. The van der Waals surface area contributed by atoms with Crippen molar-refractivity contribution in [3.63, 3.8) is 0 Å². The summed E-state index contributed by atoms with van der Waals surface area (Å²) in [5.74, 6) is 0. The van der Waals surface area contributed by atoms with Gasteiger partial charge in [-0.05, 0) is 30.5 Å². The molecule has 0 aliphatic heterocycles. The summed E-state index contributed by atoms with van der Waals surface area (Å²) in [6.45, 7) is 0.248. The summed E-state index contributed by atoms with van der Waals surface area (Å²) in [4.78, 5) is 0. The predicted octanol–water partition coefficient (Wildman–Crippen LogP) is 3.74. The first kappa shape index (κ1) is 12.7. The second-order valence-corrected chi connectivity index (χ2v) is 4.96. The van der Waals surface area contributed by atoms with Crippen molar-refractivity contribution in [2.24, 2.45) is 5.73 Å². The topological polar surface area (TPSA) is 26.0 Å². The standard InChI is InChI=1S/C12H13ClF3N/c13-8-2-3-9(10(6-8)12(14,15)16)11(7-17)4-1-5-11/h2-3,6H,1,4-5,7,17H2. The lowest BCUT2D eigenvalue weighted by Gasteiger charge is -2.42. The van der Waals surface area contributed by atoms with Crippen molar-refractivity contribution in [3.05, 3.63) is 34.3 Å². The maximum Gasteiger partial charge on any atom is 0.416 e. The number of rotatable bonds is 2. The second kappa shape index (κ2) is 4.18. The SMILES string of the molecule is NCC1(c2ccc(Cl)cc2C(F)(F)F)CCC1. The number of hydrogen-bond acceptors (Lipinski definition) is 1. The van der Waals surface area contributed by atoms with Crippen LogP contribution in [0.15, 0.2) is 18.2 Å². The quantitative estimate of drug-likeness (QED) is 0.864. The van der Waals surface area contributed by atoms with E-state index < -0.39 is 17.2 Å². The van der Waals surface area contributed by atoms with E-state index in [4.69, 9.17) is 17.3 Å². The molecular formula is C12H13ClF3N. The molecule has 5 heteroatoms. The molecule has 0 heterocycles. The Kier molecular flexibility index (Phi) is 3.12. The Labute approximate surface area is 103 Å². The number of hydrogen-bond donors (Lipinski definition) is 1. The van der Waals surface area contributed by atoms with E-state index in [0.717, 1.165) is 12.5 Å². The normalized spacial score (nSPS) is 18.9. The van der Waals surface area contributed by atoms with Crippen LogP contribution < -0.4 is 5.73 Å². The third kappa shape index (κ3) is 2.16. The van der Waals surface area contributed by atoms with Gasteiger partial charge in [0.15, 0.2) is 0 Å². The molecule has 1 aliphatic rings. The van der Waals surface area contributed by atoms with Crippen LogP contribution in [0.3, 0.4) is 0 Å². The van der Waals surface area contributed by atoms with E-state index in [9.17, 15) is 13.2 Å². The van der Waals surface area contributed by atoms with E-state index in [1.165, 1.54) is 12.1 Å². The van der Waals surface area contributed by atoms with E-state index in [1.807, 2.05) is 0 Å². The molecule has 1 aromatic carbocycles. The van der Waals surface area contributed by atoms with Crippen LogP contribution in [0, 0.1) is 0 Å². The summed E-state index contributed by atoms with van der Waals surface area (Å²) < 4.78 is 38.9. The van der Waals surface area contributed by atoms with Crippen molar-refractivity contribution in [3.8, 4) is 0 Å². The highest BCUT2D eigenvalue weighted by atomic mass is 35.5. The van der Waals surface area contributed by atoms with Gasteiger partial charge in [0.2, 0.25) is 0 Å². The molecule has 17 heavy (non-hydrogen) atoms. The zero-order valence-corrected chi connectivity index (χ0v) is 9.91. The van der Waals surface area contributed by atoms with Gasteiger partial charge in [-0.1, -0.05) is 24.1 Å². The number of halogens is 4. The summed E-state index contributed by atoms with van der Waals surface area (Å²) in [5, 5.41) is 0.104. The molecule has 1 aliphatic carbocycles. The van der Waals surface area contributed by atoms with Crippen molar-refractivity contribution in [1.82, 2.24) is 0 Å². The first-order valence-electron chi connectivity index (χ1n) is 5.46. The van der Waals surface area contributed by atoms with Gasteiger partial charge in [-0.3, -0.25) is 0 Å². The zero-order valence-electron chi connectivity index (χ0n) is 9.15. The Hall–Kier alpha value is -0.740. The molecule has 1 fully saturated rings. The molecule has 0 aromatic heterocycles. The van der Waals surface area contributed by atoms with E-state index in [-0.39, 0.29) is 11.6 Å². The van der Waals surface area contributed by atoms with Gasteiger partial charge in [0.25, 0.3) is 0 Å². The third-order valence-electron chi connectivity index (χ3n) is 3.56. The molecule has 1 nitrogen and oxygen atoms in total. The van der Waals surface area contributed by atoms with Gasteiger partial charge in [0, 0.05) is 17.0 Å². The molecule has 0 atom stereocenters. The van der Waals surface area contributed by atoms with Crippen LogP contribution in [0.4, 0.5) is 13.2 Å². The molecule has 0 bridgehead atoms. The molecule has 0 saturated heterocycles. The van der Waals surface area contributed by atoms with Gasteiger partial charge in [0.1, 0.15) is 0 Å². The van der Waals surface area contributed by atoms with E-state index >= 15 is 0 Å². The molecular weight excluding hydrogens is 251 g/mol. The van der Waals surface area contributed by atoms with E-state index in [0.29, 0.717) is 18.4 Å². The fourth-order valence-electron chi connectivity index (χ4n) is 2.40. The number of nitrogens with two attached hydrogens (primary N) is 1. The van der Waals surface area contributed by atoms with Crippen LogP contribution in [-0.4, -0.2) is 6.54 Å². The average Bonchev–Trinajstić information content (AvgIpc) is 2.17. The van der Waals surface area contributed by atoms with Crippen LogP contribution in [0.2, 0.25) is 5.02 Å². The highest BCUT2D eigenvalue weighted by Gasteiger charge is 2.44. The van der Waals surface area contributed by atoms with Gasteiger partial charge >= 0.3 is 6.18 Å². The minimum Gasteiger partial charge on any atom is -0.330 e. The largest absolute Gasteiger partial charge is 0.416 e. The summed E-state index contributed by atoms with van der Waals surface area (Å²) in [6, 6.07) is 3.96. The maximum absolute atomic E-state index is 13.0. The Morgan fingerprint density at radius 2 is 1.94 bits per heavy atom. The zero-order chi connectivity index (χ0) is 12.7. The summed E-state index contributed by atoms with van der Waals surface area (Å²) in [7, 11) is 0. The highest BCUT2D eigenvalue weighted by Crippen LogP contribution is 2.47. The second-order valence-electron chi connectivity index (χ2n) is 4.53. The molecule has 2 rings (SSSR count). The fraction of sp³-hybridized carbons (Fsp3) is 0.500.